The minimum atomic E-state index is -0.368. The molecule has 1 aromatic heterocycles. The number of hydrogen-bond acceptors (Lipinski definition) is 7. The summed E-state index contributed by atoms with van der Waals surface area (Å²) >= 11 is 0. The number of rotatable bonds is 14. The average molecular weight is 562 g/mol. The Labute approximate surface area is 240 Å². The molecule has 2 heterocycles. The summed E-state index contributed by atoms with van der Waals surface area (Å²) in [5, 5.41) is 12.0. The summed E-state index contributed by atoms with van der Waals surface area (Å²) in [5.74, 6) is 0.857. The number of hydroxylamine groups is 1. The van der Waals surface area contributed by atoms with E-state index in [-0.39, 0.29) is 17.4 Å². The van der Waals surface area contributed by atoms with Gasteiger partial charge in [-0.15, -0.1) is 0 Å². The van der Waals surface area contributed by atoms with Crippen LogP contribution in [0.3, 0.4) is 0 Å². The van der Waals surface area contributed by atoms with Crippen LogP contribution in [0.4, 0.5) is 0 Å². The third-order valence-electron chi connectivity index (χ3n) is 7.09. The Morgan fingerprint density at radius 1 is 1.07 bits per heavy atom. The normalized spacial score (nSPS) is 13.5. The zero-order valence-corrected chi connectivity index (χ0v) is 23.8. The van der Waals surface area contributed by atoms with E-state index in [1.54, 1.807) is 16.1 Å². The number of nitrogens with one attached hydrogen (secondary N) is 2. The summed E-state index contributed by atoms with van der Waals surface area (Å²) in [4.78, 5) is 43.7. The van der Waals surface area contributed by atoms with Gasteiger partial charge in [-0.1, -0.05) is 25.0 Å². The first-order valence-electron chi connectivity index (χ1n) is 14.2. The van der Waals surface area contributed by atoms with Gasteiger partial charge in [0.2, 0.25) is 5.91 Å². The standard InChI is InChI=1S/C31H39N5O5/c1-35(2)17-7-16-32-30(38)23-11-9-22(10-12-23)20-24-15-18-36-29(24)33-27-14-13-25(21-26(27)31(36)39)41-19-6-4-3-5-8-28(37)34-40/h9-14,20-21,40H,3-8,15-19H2,1-2H3,(H,32,38)(H,34,37)/b24-20+. The molecule has 3 aromatic rings. The van der Waals surface area contributed by atoms with Crippen LogP contribution in [0.25, 0.3) is 22.6 Å². The molecule has 0 radical (unpaired) electrons. The second-order valence-corrected chi connectivity index (χ2v) is 10.6. The van der Waals surface area contributed by atoms with Gasteiger partial charge in [0.25, 0.3) is 11.5 Å². The number of fused-ring (bicyclic) bond motifs is 2. The van der Waals surface area contributed by atoms with Crippen LogP contribution in [0.15, 0.2) is 47.3 Å². The highest BCUT2D eigenvalue weighted by atomic mass is 16.5. The number of unbranched alkanes of at least 4 members (excludes halogenated alkanes) is 3. The fraction of sp³-hybridized carbons (Fsp3) is 0.419. The first kappa shape index (κ1) is 30.0. The van der Waals surface area contributed by atoms with E-state index < -0.39 is 0 Å². The van der Waals surface area contributed by atoms with Crippen molar-refractivity contribution >= 4 is 34.4 Å². The number of ether oxygens (including phenoxy) is 1. The molecule has 0 aliphatic carbocycles. The van der Waals surface area contributed by atoms with Crippen LogP contribution in [0.2, 0.25) is 0 Å². The summed E-state index contributed by atoms with van der Waals surface area (Å²) in [7, 11) is 4.02. The molecule has 2 aromatic carbocycles. The molecular weight excluding hydrogens is 522 g/mol. The SMILES string of the molecule is CN(C)CCCNC(=O)c1ccc(/C=C2\CCn3c2nc2ccc(OCCCCCCC(=O)NO)cc2c3=O)cc1. The third-order valence-corrected chi connectivity index (χ3v) is 7.09. The van der Waals surface area contributed by atoms with E-state index in [1.165, 1.54) is 0 Å². The molecule has 0 saturated carbocycles. The summed E-state index contributed by atoms with van der Waals surface area (Å²) < 4.78 is 7.58. The molecule has 1 aliphatic rings. The van der Waals surface area contributed by atoms with E-state index in [1.807, 2.05) is 56.6 Å². The van der Waals surface area contributed by atoms with Crippen molar-refractivity contribution in [3.63, 3.8) is 0 Å². The predicted octanol–water partition coefficient (Wildman–Crippen LogP) is 3.86. The van der Waals surface area contributed by atoms with Crippen molar-refractivity contribution in [1.82, 2.24) is 25.2 Å². The average Bonchev–Trinajstić information content (AvgIpc) is 3.37. The highest BCUT2D eigenvalue weighted by Gasteiger charge is 2.21. The summed E-state index contributed by atoms with van der Waals surface area (Å²) in [6.45, 7) is 2.64. The van der Waals surface area contributed by atoms with Gasteiger partial charge in [-0.05, 0) is 93.9 Å². The van der Waals surface area contributed by atoms with Crippen LogP contribution < -0.4 is 21.1 Å². The van der Waals surface area contributed by atoms with Gasteiger partial charge in [-0.3, -0.25) is 24.2 Å². The third kappa shape index (κ3) is 8.25. The van der Waals surface area contributed by atoms with Crippen LogP contribution in [0.1, 0.15) is 66.7 Å². The molecule has 0 saturated heterocycles. The smallest absolute Gasteiger partial charge is 0.261 e. The zero-order chi connectivity index (χ0) is 29.2. The Balaban J connectivity index is 1.36. The number of nitrogens with zero attached hydrogens (tertiary/aromatic N) is 3. The van der Waals surface area contributed by atoms with Crippen molar-refractivity contribution in [3.8, 4) is 5.75 Å². The predicted molar refractivity (Wildman–Crippen MR) is 159 cm³/mol. The molecule has 2 amide bonds. The number of carbonyl (C=O) groups is 2. The van der Waals surface area contributed by atoms with Crippen LogP contribution in [-0.4, -0.2) is 65.3 Å². The first-order chi connectivity index (χ1) is 19.9. The summed E-state index contributed by atoms with van der Waals surface area (Å²) in [6.07, 6.45) is 7.27. The maximum Gasteiger partial charge on any atom is 0.261 e. The monoisotopic (exact) mass is 561 g/mol. The molecule has 10 heteroatoms. The molecule has 0 fully saturated rings. The highest BCUT2D eigenvalue weighted by molar-refractivity contribution is 5.94. The number of amides is 2. The molecular formula is C31H39N5O5. The van der Waals surface area contributed by atoms with E-state index >= 15 is 0 Å². The van der Waals surface area contributed by atoms with E-state index in [0.29, 0.717) is 67.0 Å². The minimum Gasteiger partial charge on any atom is -0.494 e. The Morgan fingerprint density at radius 2 is 1.85 bits per heavy atom. The number of aromatic nitrogens is 2. The number of hydrogen-bond donors (Lipinski definition) is 3. The van der Waals surface area contributed by atoms with Gasteiger partial charge in [0.1, 0.15) is 11.6 Å². The van der Waals surface area contributed by atoms with Gasteiger partial charge in [0.05, 0.1) is 17.5 Å². The van der Waals surface area contributed by atoms with Crippen LogP contribution in [0, 0.1) is 0 Å². The zero-order valence-electron chi connectivity index (χ0n) is 23.8. The van der Waals surface area contributed by atoms with Gasteiger partial charge in [0, 0.05) is 25.1 Å². The maximum atomic E-state index is 13.3. The van der Waals surface area contributed by atoms with E-state index in [0.717, 1.165) is 43.4 Å². The van der Waals surface area contributed by atoms with Crippen molar-refractivity contribution in [2.45, 2.75) is 51.5 Å². The molecule has 0 bridgehead atoms. The summed E-state index contributed by atoms with van der Waals surface area (Å²) in [6, 6.07) is 12.9. The highest BCUT2D eigenvalue weighted by Crippen LogP contribution is 2.28. The lowest BCUT2D eigenvalue weighted by Gasteiger charge is -2.10. The Kier molecular flexibility index (Phi) is 10.6. The van der Waals surface area contributed by atoms with Crippen LogP contribution in [0.5, 0.6) is 5.75 Å². The van der Waals surface area contributed by atoms with Gasteiger partial charge < -0.3 is 15.0 Å². The molecule has 3 N–H and O–H groups in total. The Bertz CT molecular complexity index is 1450. The molecule has 0 unspecified atom stereocenters. The Morgan fingerprint density at radius 3 is 2.61 bits per heavy atom. The van der Waals surface area contributed by atoms with E-state index in [4.69, 9.17) is 14.9 Å². The van der Waals surface area contributed by atoms with Crippen LogP contribution >= 0.6 is 0 Å². The molecule has 1 aliphatic heterocycles. The second-order valence-electron chi connectivity index (χ2n) is 10.6. The lowest BCUT2D eigenvalue weighted by molar-refractivity contribution is -0.129. The minimum absolute atomic E-state index is 0.0812. The Hall–Kier alpha value is -4.02. The molecule has 4 rings (SSSR count). The first-order valence-corrected chi connectivity index (χ1v) is 14.2. The topological polar surface area (TPSA) is 126 Å². The second kappa shape index (κ2) is 14.6. The van der Waals surface area contributed by atoms with E-state index in [2.05, 4.69) is 10.2 Å². The van der Waals surface area contributed by atoms with Gasteiger partial charge in [-0.25, -0.2) is 10.5 Å². The number of carbonyl (C=O) groups excluding carboxylic acids is 2. The molecule has 0 atom stereocenters. The van der Waals surface area contributed by atoms with Crippen LogP contribution in [-0.2, 0) is 11.3 Å². The lowest BCUT2D eigenvalue weighted by Crippen LogP contribution is -2.27. The maximum absolute atomic E-state index is 13.3. The van der Waals surface area contributed by atoms with Crippen molar-refractivity contribution < 1.29 is 19.5 Å². The van der Waals surface area contributed by atoms with Gasteiger partial charge in [-0.2, -0.15) is 0 Å². The molecule has 0 spiro atoms. The van der Waals surface area contributed by atoms with Crippen molar-refractivity contribution in [3.05, 3.63) is 69.8 Å². The number of benzene rings is 2. The lowest BCUT2D eigenvalue weighted by atomic mass is 10.1. The van der Waals surface area contributed by atoms with E-state index in [9.17, 15) is 14.4 Å². The summed E-state index contributed by atoms with van der Waals surface area (Å²) in [5.41, 5.74) is 4.74. The molecule has 10 nitrogen and oxygen atoms in total. The molecule has 218 valence electrons. The fourth-order valence-electron chi connectivity index (χ4n) is 4.84. The van der Waals surface area contributed by atoms with Crippen molar-refractivity contribution in [2.75, 3.05) is 33.8 Å². The fourth-order valence-corrected chi connectivity index (χ4v) is 4.84. The number of allylic oxidation sites excluding steroid dienone is 1. The van der Waals surface area contributed by atoms with Gasteiger partial charge in [0.15, 0.2) is 0 Å². The van der Waals surface area contributed by atoms with Crippen molar-refractivity contribution in [1.29, 1.82) is 0 Å². The quantitative estimate of drug-likeness (QED) is 0.155. The molecule has 41 heavy (non-hydrogen) atoms. The van der Waals surface area contributed by atoms with Crippen molar-refractivity contribution in [2.24, 2.45) is 0 Å². The van der Waals surface area contributed by atoms with Gasteiger partial charge >= 0.3 is 0 Å². The largest absolute Gasteiger partial charge is 0.494 e.